The van der Waals surface area contributed by atoms with Gasteiger partial charge in [0.05, 0.1) is 7.11 Å². The molecule has 4 nitrogen and oxygen atoms in total. The van der Waals surface area contributed by atoms with Crippen molar-refractivity contribution in [2.24, 2.45) is 0 Å². The molecule has 0 saturated carbocycles. The standard InChI is InChI=1S/C11H11BrO4/c1-7(12)6-16-10-5-8(15-2)3-4-9(10)11(13)14/h3-5H,1,6H2,2H3,(H,13,14). The van der Waals surface area contributed by atoms with Gasteiger partial charge in [0.25, 0.3) is 0 Å². The molecule has 0 bridgehead atoms. The van der Waals surface area contributed by atoms with E-state index in [0.717, 1.165) is 0 Å². The largest absolute Gasteiger partial charge is 0.497 e. The lowest BCUT2D eigenvalue weighted by molar-refractivity contribution is 0.0692. The number of benzene rings is 1. The zero-order valence-corrected chi connectivity index (χ0v) is 10.3. The summed E-state index contributed by atoms with van der Waals surface area (Å²) in [5.41, 5.74) is 0.0922. The van der Waals surface area contributed by atoms with Crippen LogP contribution in [0.1, 0.15) is 10.4 Å². The van der Waals surface area contributed by atoms with Crippen LogP contribution in [0.15, 0.2) is 29.3 Å². The Morgan fingerprint density at radius 3 is 2.75 bits per heavy atom. The molecule has 0 fully saturated rings. The second kappa shape index (κ2) is 5.55. The maximum Gasteiger partial charge on any atom is 0.339 e. The molecule has 0 aromatic heterocycles. The van der Waals surface area contributed by atoms with Gasteiger partial charge >= 0.3 is 5.97 Å². The second-order valence-electron chi connectivity index (χ2n) is 2.97. The van der Waals surface area contributed by atoms with E-state index in [1.165, 1.54) is 19.2 Å². The van der Waals surface area contributed by atoms with Crippen molar-refractivity contribution < 1.29 is 19.4 Å². The highest BCUT2D eigenvalue weighted by molar-refractivity contribution is 9.11. The van der Waals surface area contributed by atoms with Crippen molar-refractivity contribution in [2.45, 2.75) is 0 Å². The van der Waals surface area contributed by atoms with Crippen LogP contribution >= 0.6 is 15.9 Å². The van der Waals surface area contributed by atoms with Crippen LogP contribution in [-0.4, -0.2) is 24.8 Å². The van der Waals surface area contributed by atoms with Gasteiger partial charge in [-0.2, -0.15) is 0 Å². The Hall–Kier alpha value is -1.49. The highest BCUT2D eigenvalue weighted by Gasteiger charge is 2.12. The number of aromatic carboxylic acids is 1. The zero-order chi connectivity index (χ0) is 12.1. The van der Waals surface area contributed by atoms with Crippen molar-refractivity contribution in [3.63, 3.8) is 0 Å². The van der Waals surface area contributed by atoms with Crippen LogP contribution in [0.3, 0.4) is 0 Å². The fourth-order valence-corrected chi connectivity index (χ4v) is 1.20. The molecule has 1 aromatic rings. The average molecular weight is 287 g/mol. The number of halogens is 1. The fraction of sp³-hybridized carbons (Fsp3) is 0.182. The number of carbonyl (C=O) groups is 1. The van der Waals surface area contributed by atoms with Crippen LogP contribution in [0.2, 0.25) is 0 Å². The molecule has 0 saturated heterocycles. The molecule has 0 aliphatic heterocycles. The molecule has 0 heterocycles. The molecule has 86 valence electrons. The van der Waals surface area contributed by atoms with E-state index in [1.807, 2.05) is 0 Å². The summed E-state index contributed by atoms with van der Waals surface area (Å²) in [6, 6.07) is 4.53. The van der Waals surface area contributed by atoms with E-state index in [9.17, 15) is 4.79 Å². The molecule has 0 amide bonds. The number of methoxy groups -OCH3 is 1. The van der Waals surface area contributed by atoms with Crippen LogP contribution in [-0.2, 0) is 0 Å². The monoisotopic (exact) mass is 286 g/mol. The number of carboxylic acids is 1. The summed E-state index contributed by atoms with van der Waals surface area (Å²) >= 11 is 3.13. The lowest BCUT2D eigenvalue weighted by atomic mass is 10.2. The van der Waals surface area contributed by atoms with Crippen molar-refractivity contribution in [1.82, 2.24) is 0 Å². The highest BCUT2D eigenvalue weighted by atomic mass is 79.9. The van der Waals surface area contributed by atoms with Crippen molar-refractivity contribution in [2.75, 3.05) is 13.7 Å². The SMILES string of the molecule is C=C(Br)COc1cc(OC)ccc1C(=O)O. The Labute approximate surface area is 102 Å². The van der Waals surface area contributed by atoms with E-state index < -0.39 is 5.97 Å². The number of carboxylic acid groups (broad SMARTS) is 1. The van der Waals surface area contributed by atoms with Gasteiger partial charge < -0.3 is 14.6 Å². The van der Waals surface area contributed by atoms with E-state index in [-0.39, 0.29) is 17.9 Å². The summed E-state index contributed by atoms with van der Waals surface area (Å²) in [7, 11) is 1.50. The highest BCUT2D eigenvalue weighted by Crippen LogP contribution is 2.25. The maximum atomic E-state index is 10.9. The van der Waals surface area contributed by atoms with Crippen molar-refractivity contribution in [3.05, 3.63) is 34.8 Å². The first-order valence-corrected chi connectivity index (χ1v) is 5.21. The van der Waals surface area contributed by atoms with Crippen molar-refractivity contribution >= 4 is 21.9 Å². The molecule has 16 heavy (non-hydrogen) atoms. The first kappa shape index (κ1) is 12.6. The number of hydrogen-bond acceptors (Lipinski definition) is 3. The number of ether oxygens (including phenoxy) is 2. The van der Waals surface area contributed by atoms with E-state index in [0.29, 0.717) is 10.2 Å². The molecule has 0 unspecified atom stereocenters. The van der Waals surface area contributed by atoms with Gasteiger partial charge in [0.1, 0.15) is 23.7 Å². The van der Waals surface area contributed by atoms with Gasteiger partial charge in [-0.15, -0.1) is 0 Å². The third kappa shape index (κ3) is 3.27. The Kier molecular flexibility index (Phi) is 4.37. The van der Waals surface area contributed by atoms with Gasteiger partial charge in [-0.05, 0) is 12.1 Å². The maximum absolute atomic E-state index is 10.9. The van der Waals surface area contributed by atoms with Crippen LogP contribution in [0.4, 0.5) is 0 Å². The third-order valence-corrected chi connectivity index (χ3v) is 2.03. The summed E-state index contributed by atoms with van der Waals surface area (Å²) in [6.07, 6.45) is 0. The predicted molar refractivity (Wildman–Crippen MR) is 63.5 cm³/mol. The Bertz CT molecular complexity index is 414. The van der Waals surface area contributed by atoms with Gasteiger partial charge in [0.2, 0.25) is 0 Å². The van der Waals surface area contributed by atoms with Crippen LogP contribution in [0.5, 0.6) is 11.5 Å². The Morgan fingerprint density at radius 2 is 2.25 bits per heavy atom. The Morgan fingerprint density at radius 1 is 1.56 bits per heavy atom. The minimum Gasteiger partial charge on any atom is -0.497 e. The zero-order valence-electron chi connectivity index (χ0n) is 8.70. The van der Waals surface area contributed by atoms with Gasteiger partial charge in [0, 0.05) is 10.5 Å². The first-order valence-electron chi connectivity index (χ1n) is 4.42. The second-order valence-corrected chi connectivity index (χ2v) is 4.09. The van der Waals surface area contributed by atoms with E-state index >= 15 is 0 Å². The van der Waals surface area contributed by atoms with E-state index in [4.69, 9.17) is 14.6 Å². The number of hydrogen-bond donors (Lipinski definition) is 1. The Balaban J connectivity index is 3.00. The summed E-state index contributed by atoms with van der Waals surface area (Å²) in [6.45, 7) is 3.80. The van der Waals surface area contributed by atoms with Crippen molar-refractivity contribution in [3.8, 4) is 11.5 Å². The third-order valence-electron chi connectivity index (χ3n) is 1.80. The fourth-order valence-electron chi connectivity index (χ4n) is 1.08. The minimum absolute atomic E-state index is 0.0922. The molecular formula is C11H11BrO4. The normalized spacial score (nSPS) is 9.62. The summed E-state index contributed by atoms with van der Waals surface area (Å²) in [5.74, 6) is -0.245. The molecule has 0 radical (unpaired) electrons. The molecule has 1 aromatic carbocycles. The smallest absolute Gasteiger partial charge is 0.339 e. The van der Waals surface area contributed by atoms with Crippen LogP contribution < -0.4 is 9.47 Å². The van der Waals surface area contributed by atoms with E-state index in [2.05, 4.69) is 22.5 Å². The minimum atomic E-state index is -1.04. The van der Waals surface area contributed by atoms with Crippen LogP contribution in [0.25, 0.3) is 0 Å². The summed E-state index contributed by atoms with van der Waals surface area (Å²) in [5, 5.41) is 8.94. The molecule has 0 spiro atoms. The quantitative estimate of drug-likeness (QED) is 0.904. The lowest BCUT2D eigenvalue weighted by Crippen LogP contribution is -2.04. The first-order chi connectivity index (χ1) is 7.54. The molecule has 1 rings (SSSR count). The predicted octanol–water partition coefficient (Wildman–Crippen LogP) is 2.68. The van der Waals surface area contributed by atoms with E-state index in [1.54, 1.807) is 6.07 Å². The topological polar surface area (TPSA) is 55.8 Å². The van der Waals surface area contributed by atoms with Gasteiger partial charge in [0.15, 0.2) is 0 Å². The average Bonchev–Trinajstić information content (AvgIpc) is 2.25. The number of rotatable bonds is 5. The molecule has 0 aliphatic carbocycles. The summed E-state index contributed by atoms with van der Waals surface area (Å²) < 4.78 is 10.9. The molecule has 1 N–H and O–H groups in total. The summed E-state index contributed by atoms with van der Waals surface area (Å²) in [4.78, 5) is 10.9. The molecular weight excluding hydrogens is 276 g/mol. The molecule has 5 heteroatoms. The molecule has 0 aliphatic rings. The van der Waals surface area contributed by atoms with Gasteiger partial charge in [-0.25, -0.2) is 4.79 Å². The van der Waals surface area contributed by atoms with Gasteiger partial charge in [-0.1, -0.05) is 22.5 Å². The van der Waals surface area contributed by atoms with Gasteiger partial charge in [-0.3, -0.25) is 0 Å². The van der Waals surface area contributed by atoms with Crippen molar-refractivity contribution in [1.29, 1.82) is 0 Å². The van der Waals surface area contributed by atoms with Crippen LogP contribution in [0, 0.1) is 0 Å². The lowest BCUT2D eigenvalue weighted by Gasteiger charge is -2.09. The molecule has 0 atom stereocenters.